The zero-order chi connectivity index (χ0) is 29.4. The molecule has 41 heavy (non-hydrogen) atoms. The Bertz CT molecular complexity index is 1350. The second-order valence-corrected chi connectivity index (χ2v) is 12.0. The van der Waals surface area contributed by atoms with E-state index < -0.39 is 21.9 Å². The van der Waals surface area contributed by atoms with E-state index in [9.17, 15) is 22.8 Å². The zero-order valence-electron chi connectivity index (χ0n) is 23.7. The number of nitrogens with one attached hydrogen (secondary N) is 2. The number of aryl methyl sites for hydroxylation is 1. The van der Waals surface area contributed by atoms with Crippen molar-refractivity contribution in [1.29, 1.82) is 0 Å². The minimum atomic E-state index is -4.02. The van der Waals surface area contributed by atoms with E-state index in [1.54, 1.807) is 26.0 Å². The van der Waals surface area contributed by atoms with E-state index in [2.05, 4.69) is 10.0 Å². The Kier molecular flexibility index (Phi) is 10.4. The lowest BCUT2D eigenvalue weighted by Gasteiger charge is -2.34. The van der Waals surface area contributed by atoms with Crippen LogP contribution in [0, 0.1) is 5.92 Å². The fraction of sp³-hybridized carbons (Fsp3) is 0.500. The molecule has 0 aromatic heterocycles. The summed E-state index contributed by atoms with van der Waals surface area (Å²) >= 11 is 0. The number of hydrogen-bond acceptors (Lipinski definition) is 8. The highest BCUT2D eigenvalue weighted by Gasteiger charge is 2.32. The topological polar surface area (TPSA) is 131 Å². The number of anilines is 2. The van der Waals surface area contributed by atoms with Crippen LogP contribution in [0.25, 0.3) is 0 Å². The molecule has 2 aromatic rings. The van der Waals surface area contributed by atoms with Crippen LogP contribution >= 0.6 is 0 Å². The van der Waals surface area contributed by atoms with Gasteiger partial charge in [-0.15, -0.1) is 0 Å². The van der Waals surface area contributed by atoms with Gasteiger partial charge in [-0.05, 0) is 75.3 Å². The average Bonchev–Trinajstić information content (AvgIpc) is 2.96. The molecule has 2 aliphatic rings. The molecule has 2 aromatic carbocycles. The first-order chi connectivity index (χ1) is 19.7. The molecule has 1 fully saturated rings. The van der Waals surface area contributed by atoms with Crippen molar-refractivity contribution < 1.29 is 32.3 Å². The highest BCUT2D eigenvalue weighted by atomic mass is 32.2. The van der Waals surface area contributed by atoms with Gasteiger partial charge in [-0.3, -0.25) is 14.4 Å². The lowest BCUT2D eigenvalue weighted by Crippen LogP contribution is -2.38. The van der Waals surface area contributed by atoms with Gasteiger partial charge in [-0.2, -0.15) is 0 Å². The van der Waals surface area contributed by atoms with E-state index in [-0.39, 0.29) is 42.3 Å². The van der Waals surface area contributed by atoms with Crippen molar-refractivity contribution in [2.24, 2.45) is 5.92 Å². The number of sulfonamides is 1. The Balaban J connectivity index is 1.58. The van der Waals surface area contributed by atoms with Gasteiger partial charge in [0.1, 0.15) is 4.90 Å². The molecule has 2 N–H and O–H groups in total. The van der Waals surface area contributed by atoms with Crippen molar-refractivity contribution in [1.82, 2.24) is 4.72 Å². The predicted molar refractivity (Wildman–Crippen MR) is 155 cm³/mol. The summed E-state index contributed by atoms with van der Waals surface area (Å²) in [7, 11) is -4.02. The number of nitrogens with zero attached hydrogens (tertiary/aromatic N) is 1. The number of amides is 1. The Morgan fingerprint density at radius 2 is 1.68 bits per heavy atom. The van der Waals surface area contributed by atoms with Crippen LogP contribution in [-0.4, -0.2) is 52.6 Å². The molecule has 11 heteroatoms. The number of hydrogen-bond donors (Lipinski definition) is 2. The Labute approximate surface area is 241 Å². The van der Waals surface area contributed by atoms with Crippen molar-refractivity contribution >= 4 is 39.2 Å². The average molecular weight is 586 g/mol. The summed E-state index contributed by atoms with van der Waals surface area (Å²) in [6, 6.07) is 12.3. The van der Waals surface area contributed by atoms with E-state index >= 15 is 0 Å². The second kappa shape index (κ2) is 14.0. The maximum atomic E-state index is 14.0. The first-order valence-electron chi connectivity index (χ1n) is 14.3. The molecule has 0 unspecified atom stereocenters. The molecule has 1 saturated heterocycles. The summed E-state index contributed by atoms with van der Waals surface area (Å²) in [6.07, 6.45) is 3.41. The number of carbonyl (C=O) groups is 3. The molecular weight excluding hydrogens is 546 g/mol. The monoisotopic (exact) mass is 585 g/mol. The van der Waals surface area contributed by atoms with Crippen LogP contribution in [0.5, 0.6) is 0 Å². The van der Waals surface area contributed by atoms with Gasteiger partial charge in [0.25, 0.3) is 0 Å². The summed E-state index contributed by atoms with van der Waals surface area (Å²) in [5.74, 6) is -1.33. The van der Waals surface area contributed by atoms with Gasteiger partial charge >= 0.3 is 11.9 Å². The fourth-order valence-corrected chi connectivity index (χ4v) is 6.98. The van der Waals surface area contributed by atoms with Crippen LogP contribution in [0.15, 0.2) is 47.4 Å². The molecule has 0 spiro atoms. The molecule has 1 atom stereocenters. The number of rotatable bonds is 11. The van der Waals surface area contributed by atoms with Crippen LogP contribution in [0.2, 0.25) is 0 Å². The third-order valence-electron chi connectivity index (χ3n) is 7.52. The third kappa shape index (κ3) is 7.85. The molecule has 1 amide bonds. The number of piperidine rings is 1. The standard InChI is InChI=1S/C30H39N3O7S/c1-3-39-29(35)15-14-28(34)31-23-12-13-26(33-18-16-22(17-19-33)30(36)40-4-2)27(20-23)41(37,38)32-25-11-7-9-21-8-5-6-10-24(21)25/h5-6,8,10,12-13,20,22,25,32H,3-4,7,9,11,14-19H2,1-2H3,(H,31,34)/t25-/m1/s1. The normalized spacial score (nSPS) is 17.4. The van der Waals surface area contributed by atoms with E-state index in [0.717, 1.165) is 24.0 Å². The number of benzene rings is 2. The summed E-state index contributed by atoms with van der Waals surface area (Å²) in [5.41, 5.74) is 2.93. The van der Waals surface area contributed by atoms with Crippen LogP contribution < -0.4 is 14.9 Å². The molecule has 1 heterocycles. The molecule has 4 rings (SSSR count). The molecule has 0 saturated carbocycles. The van der Waals surface area contributed by atoms with Crippen LogP contribution in [-0.2, 0) is 40.3 Å². The molecular formula is C30H39N3O7S. The maximum absolute atomic E-state index is 14.0. The maximum Gasteiger partial charge on any atom is 0.309 e. The van der Waals surface area contributed by atoms with Gasteiger partial charge in [-0.25, -0.2) is 13.1 Å². The van der Waals surface area contributed by atoms with Gasteiger partial charge < -0.3 is 19.7 Å². The molecule has 1 aliphatic carbocycles. The predicted octanol–water partition coefficient (Wildman–Crippen LogP) is 4.10. The summed E-state index contributed by atoms with van der Waals surface area (Å²) < 4.78 is 40.9. The van der Waals surface area contributed by atoms with Crippen molar-refractivity contribution in [3.05, 3.63) is 53.6 Å². The summed E-state index contributed by atoms with van der Waals surface area (Å²) in [4.78, 5) is 38.5. The highest BCUT2D eigenvalue weighted by molar-refractivity contribution is 7.89. The van der Waals surface area contributed by atoms with Gasteiger partial charge in [-0.1, -0.05) is 24.3 Å². The minimum absolute atomic E-state index is 0.0540. The Morgan fingerprint density at radius 3 is 2.41 bits per heavy atom. The quantitative estimate of drug-likeness (QED) is 0.377. The number of esters is 2. The van der Waals surface area contributed by atoms with Gasteiger partial charge in [0.05, 0.1) is 31.2 Å². The molecule has 1 aliphatic heterocycles. The molecule has 0 radical (unpaired) electrons. The Morgan fingerprint density at radius 1 is 0.951 bits per heavy atom. The van der Waals surface area contributed by atoms with Crippen molar-refractivity contribution in [2.75, 3.05) is 36.5 Å². The van der Waals surface area contributed by atoms with Gasteiger partial charge in [0.15, 0.2) is 0 Å². The Hall–Kier alpha value is -3.44. The first-order valence-corrected chi connectivity index (χ1v) is 15.8. The smallest absolute Gasteiger partial charge is 0.309 e. The van der Waals surface area contributed by atoms with E-state index in [0.29, 0.717) is 50.3 Å². The summed E-state index contributed by atoms with van der Waals surface area (Å²) in [6.45, 7) is 5.01. The third-order valence-corrected chi connectivity index (χ3v) is 9.02. The second-order valence-electron chi connectivity index (χ2n) is 10.3. The zero-order valence-corrected chi connectivity index (χ0v) is 24.5. The van der Waals surface area contributed by atoms with Crippen molar-refractivity contribution in [3.63, 3.8) is 0 Å². The van der Waals surface area contributed by atoms with Crippen LogP contribution in [0.1, 0.15) is 69.5 Å². The lowest BCUT2D eigenvalue weighted by atomic mass is 9.88. The minimum Gasteiger partial charge on any atom is -0.466 e. The van der Waals surface area contributed by atoms with E-state index in [1.165, 1.54) is 6.07 Å². The van der Waals surface area contributed by atoms with Crippen LogP contribution in [0.4, 0.5) is 11.4 Å². The van der Waals surface area contributed by atoms with Crippen molar-refractivity contribution in [2.45, 2.75) is 69.7 Å². The largest absolute Gasteiger partial charge is 0.466 e. The molecule has 0 bridgehead atoms. The number of fused-ring (bicyclic) bond motifs is 1. The number of ether oxygens (including phenoxy) is 2. The SMILES string of the molecule is CCOC(=O)CCC(=O)Nc1ccc(N2CCC(C(=O)OCC)CC2)c(S(=O)(=O)N[C@@H]2CCCc3ccccc32)c1. The van der Waals surface area contributed by atoms with Gasteiger partial charge in [0.2, 0.25) is 15.9 Å². The first kappa shape index (κ1) is 30.5. The van der Waals surface area contributed by atoms with E-state index in [4.69, 9.17) is 9.47 Å². The highest BCUT2D eigenvalue weighted by Crippen LogP contribution is 2.35. The molecule has 222 valence electrons. The van der Waals surface area contributed by atoms with Crippen molar-refractivity contribution in [3.8, 4) is 0 Å². The fourth-order valence-electron chi connectivity index (χ4n) is 5.48. The summed E-state index contributed by atoms with van der Waals surface area (Å²) in [5, 5.41) is 2.72. The molecule has 10 nitrogen and oxygen atoms in total. The number of carbonyl (C=O) groups excluding carboxylic acids is 3. The van der Waals surface area contributed by atoms with E-state index in [1.807, 2.05) is 29.2 Å². The lowest BCUT2D eigenvalue weighted by molar-refractivity contribution is -0.148. The van der Waals surface area contributed by atoms with Crippen LogP contribution in [0.3, 0.4) is 0 Å². The van der Waals surface area contributed by atoms with Gasteiger partial charge in [0, 0.05) is 31.2 Å².